The minimum absolute atomic E-state index is 0.0248. The number of aldehydes is 1. The summed E-state index contributed by atoms with van der Waals surface area (Å²) in [6.45, 7) is -6.52. The zero-order chi connectivity index (χ0) is 82.9. The second kappa shape index (κ2) is 41.5. The van der Waals surface area contributed by atoms with Crippen molar-refractivity contribution < 1.29 is 227 Å². The van der Waals surface area contributed by atoms with E-state index in [0.29, 0.717) is 0 Å². The Morgan fingerprint density at radius 2 is 0.643 bits per heavy atom. The van der Waals surface area contributed by atoms with E-state index in [9.17, 15) is 152 Å². The molecule has 112 heavy (non-hydrogen) atoms. The standard InChI is InChI=1S/C62H104N4O46/c1-15(76)63-19(5-67)32(81)48(20(80)6-68)106-55-29(64-16(2)77)38(87)51(27(13-75)102-55)109-60-47(96)52(110-62-54(44(93)36(85)24(10-72)101-62)112-57-31(66-18(4)79)40(89)50(26(12-74)104-57)108-59-46(95)42(91)34(83)22(8-70)99-59)37(86)28(105-60)14-97-61-53(43(92)35(84)23(9-71)100-61)111-56-30(65-17(3)78)39(88)49(25(11-73)103-56)107-58-45(94)41(90)33(82)21(7-69)98-58/h5,19-62,68-75,80-96H,6-14H2,1-4H3,(H,63,76)(H,64,77)(H,65,78)(H,66,79)/t19-,20+,21+,22+,23+,24+,25+,26+,27+,28+,29+,30+,31+,32+,33-,34-,35+,36+,37+,38+,39+,40+,41-,42-,43-,44-,45+,46+,47-,48+,49+,50+,51+,52-,53-,54-,55-,56-,57-,58-,59-,60-,61-,62+/m0/s1. The van der Waals surface area contributed by atoms with Crippen molar-refractivity contribution in [3.63, 3.8) is 0 Å². The largest absolute Gasteiger partial charge is 0.394 e. The summed E-state index contributed by atoms with van der Waals surface area (Å²) in [6, 6.07) is -7.77. The molecule has 8 heterocycles. The quantitative estimate of drug-likeness (QED) is 0.0271. The maximum absolute atomic E-state index is 12.9. The van der Waals surface area contributed by atoms with Gasteiger partial charge in [0.25, 0.3) is 0 Å². The second-order valence-corrected chi connectivity index (χ2v) is 27.8. The molecule has 0 aromatic rings. The van der Waals surface area contributed by atoms with Gasteiger partial charge in [-0.3, -0.25) is 19.2 Å². The molecule has 8 rings (SSSR count). The normalized spacial score (nSPS) is 45.9. The van der Waals surface area contributed by atoms with Crippen LogP contribution in [0, 0.1) is 0 Å². The number of carbonyl (C=O) groups is 5. The first-order valence-electron chi connectivity index (χ1n) is 35.4. The summed E-state index contributed by atoms with van der Waals surface area (Å²) in [5.74, 6) is -3.79. The molecule has 0 saturated carbocycles. The highest BCUT2D eigenvalue weighted by Gasteiger charge is 2.61. The van der Waals surface area contributed by atoms with E-state index in [1.54, 1.807) is 0 Å². The molecule has 8 aliphatic rings. The van der Waals surface area contributed by atoms with Gasteiger partial charge >= 0.3 is 0 Å². The molecule has 8 fully saturated rings. The van der Waals surface area contributed by atoms with E-state index in [-0.39, 0.29) is 6.29 Å². The third kappa shape index (κ3) is 21.1. The average molecular weight is 1640 g/mol. The Bertz CT molecular complexity index is 2950. The number of hydrogen-bond acceptors (Lipinski definition) is 46. The molecular weight excluding hydrogens is 1540 g/mol. The maximum Gasteiger partial charge on any atom is 0.217 e. The zero-order valence-corrected chi connectivity index (χ0v) is 60.1. The first kappa shape index (κ1) is 93.4. The van der Waals surface area contributed by atoms with E-state index < -0.39 is 353 Å². The fraction of sp³-hybridized carbons (Fsp3) is 0.919. The van der Waals surface area contributed by atoms with Crippen LogP contribution in [-0.2, 0) is 99.8 Å². The second-order valence-electron chi connectivity index (χ2n) is 27.8. The lowest BCUT2D eigenvalue weighted by atomic mass is 9.94. The van der Waals surface area contributed by atoms with Crippen molar-refractivity contribution in [1.29, 1.82) is 0 Å². The lowest BCUT2D eigenvalue weighted by molar-refractivity contribution is -0.398. The molecule has 50 nitrogen and oxygen atoms in total. The summed E-state index contributed by atoms with van der Waals surface area (Å²) in [5, 5.41) is 286. The summed E-state index contributed by atoms with van der Waals surface area (Å²) in [4.78, 5) is 62.8. The van der Waals surface area contributed by atoms with Gasteiger partial charge in [0, 0.05) is 27.7 Å². The summed E-state index contributed by atoms with van der Waals surface area (Å²) in [5.41, 5.74) is 0. The first-order valence-corrected chi connectivity index (χ1v) is 35.4. The molecular formula is C62H104N4O46. The smallest absolute Gasteiger partial charge is 0.217 e. The maximum atomic E-state index is 12.9. The Balaban J connectivity index is 1.15. The molecule has 0 aliphatic carbocycles. The van der Waals surface area contributed by atoms with E-state index in [4.69, 9.17) is 75.8 Å². The molecule has 0 radical (unpaired) electrons. The van der Waals surface area contributed by atoms with Gasteiger partial charge < -0.3 is 230 Å². The van der Waals surface area contributed by atoms with E-state index in [2.05, 4.69) is 21.3 Å². The van der Waals surface area contributed by atoms with Crippen molar-refractivity contribution in [1.82, 2.24) is 21.3 Å². The van der Waals surface area contributed by atoms with Crippen LogP contribution in [0.1, 0.15) is 27.7 Å². The summed E-state index contributed by atoms with van der Waals surface area (Å²) in [6.07, 6.45) is -85.1. The van der Waals surface area contributed by atoms with E-state index in [1.807, 2.05) is 0 Å². The molecule has 50 heteroatoms. The fourth-order valence-electron chi connectivity index (χ4n) is 14.0. The number of hydrogen-bond donors (Lipinski definition) is 29. The molecule has 0 aromatic carbocycles. The minimum atomic E-state index is -2.61. The monoisotopic (exact) mass is 1640 g/mol. The van der Waals surface area contributed by atoms with Crippen LogP contribution in [0.25, 0.3) is 0 Å². The van der Waals surface area contributed by atoms with Gasteiger partial charge in [0.05, 0.1) is 59.5 Å². The molecule has 4 amide bonds. The molecule has 29 N–H and O–H groups in total. The Kier molecular flexibility index (Phi) is 34.6. The van der Waals surface area contributed by atoms with Gasteiger partial charge in [0.1, 0.15) is 226 Å². The van der Waals surface area contributed by atoms with Crippen LogP contribution in [0.4, 0.5) is 0 Å². The van der Waals surface area contributed by atoms with Crippen molar-refractivity contribution in [3.05, 3.63) is 0 Å². The van der Waals surface area contributed by atoms with Crippen LogP contribution in [-0.4, -0.2) is 487 Å². The van der Waals surface area contributed by atoms with Gasteiger partial charge in [-0.05, 0) is 0 Å². The van der Waals surface area contributed by atoms with Crippen LogP contribution >= 0.6 is 0 Å². The first-order chi connectivity index (χ1) is 53.0. The van der Waals surface area contributed by atoms with Crippen LogP contribution in [0.2, 0.25) is 0 Å². The Labute approximate surface area is 634 Å². The summed E-state index contributed by atoms with van der Waals surface area (Å²) in [7, 11) is 0. The number of amides is 4. The summed E-state index contributed by atoms with van der Waals surface area (Å²) < 4.78 is 94.6. The lowest BCUT2D eigenvalue weighted by Gasteiger charge is -2.51. The highest BCUT2D eigenvalue weighted by Crippen LogP contribution is 2.40. The van der Waals surface area contributed by atoms with Gasteiger partial charge in [-0.2, -0.15) is 0 Å². The van der Waals surface area contributed by atoms with E-state index in [1.165, 1.54) is 0 Å². The van der Waals surface area contributed by atoms with Crippen LogP contribution in [0.3, 0.4) is 0 Å². The SMILES string of the molecule is CC(=O)N[C@H]1[C@H](O[C@@H]([C@H](O)[C@H](C=O)NC(C)=O)[C@H](O)CO)O[C@H](CO)[C@@H](O[C@@H]2O[C@H](CO[C@H]3O[C@H](CO)[C@@H](O)[C@H](O)[C@@H]3O[C@@H]3O[C@H](CO)[C@@H](O[C@@H]4O[C@H](CO)[C@H](O)[C@H](O)[C@H]4O)[C@H](O)[C@H]3NC(C)=O)[C@@H](O)[C@H](O[C@H]3O[C@H](CO)[C@@H](O)[C@H](O)[C@@H]3O[C@@H]3O[C@H](CO)[C@@H](O[C@@H]4O[C@H](CO)[C@H](O)[C@H](O)[C@H]4O)[C@H](O)[C@H]3NC(C)=O)[C@@H]2O)[C@@H]1O. The molecule has 0 spiro atoms. The predicted octanol–water partition coefficient (Wildman–Crippen LogP) is -20.2. The fourth-order valence-corrected chi connectivity index (χ4v) is 14.0. The molecule has 0 unspecified atom stereocenters. The number of carbonyl (C=O) groups excluding carboxylic acids is 5. The van der Waals surface area contributed by atoms with Gasteiger partial charge in [-0.1, -0.05) is 0 Å². The van der Waals surface area contributed by atoms with E-state index >= 15 is 0 Å². The van der Waals surface area contributed by atoms with Crippen molar-refractivity contribution in [2.45, 2.75) is 298 Å². The van der Waals surface area contributed by atoms with Gasteiger partial charge in [-0.15, -0.1) is 0 Å². The van der Waals surface area contributed by atoms with Crippen molar-refractivity contribution in [2.24, 2.45) is 0 Å². The highest BCUT2D eigenvalue weighted by molar-refractivity contribution is 5.77. The number of rotatable bonds is 33. The third-order valence-corrected chi connectivity index (χ3v) is 19.9. The van der Waals surface area contributed by atoms with Gasteiger partial charge in [0.15, 0.2) is 50.3 Å². The Morgan fingerprint density at radius 1 is 0.330 bits per heavy atom. The molecule has 8 aliphatic heterocycles. The predicted molar refractivity (Wildman–Crippen MR) is 345 cm³/mol. The lowest BCUT2D eigenvalue weighted by Crippen LogP contribution is -2.70. The number of aliphatic hydroxyl groups excluding tert-OH is 25. The zero-order valence-electron chi connectivity index (χ0n) is 60.1. The van der Waals surface area contributed by atoms with Crippen molar-refractivity contribution >= 4 is 29.9 Å². The van der Waals surface area contributed by atoms with Crippen molar-refractivity contribution in [3.8, 4) is 0 Å². The molecule has 0 bridgehead atoms. The van der Waals surface area contributed by atoms with Crippen LogP contribution in [0.5, 0.6) is 0 Å². The molecule has 44 atom stereocenters. The average Bonchev–Trinajstić information content (AvgIpc) is 0.771. The molecule has 8 saturated heterocycles. The Morgan fingerprint density at radius 3 is 1.01 bits per heavy atom. The minimum Gasteiger partial charge on any atom is -0.394 e. The summed E-state index contributed by atoms with van der Waals surface area (Å²) >= 11 is 0. The van der Waals surface area contributed by atoms with Crippen LogP contribution < -0.4 is 21.3 Å². The van der Waals surface area contributed by atoms with Gasteiger partial charge in [0.2, 0.25) is 23.6 Å². The topological polar surface area (TPSA) is 787 Å². The highest BCUT2D eigenvalue weighted by atomic mass is 16.8. The number of ether oxygens (including phenoxy) is 16. The van der Waals surface area contributed by atoms with E-state index in [0.717, 1.165) is 27.7 Å². The third-order valence-electron chi connectivity index (χ3n) is 19.9. The molecule has 648 valence electrons. The number of nitrogens with one attached hydrogen (secondary N) is 4. The van der Waals surface area contributed by atoms with Crippen molar-refractivity contribution in [2.75, 3.05) is 59.5 Å². The Hall–Kier alpha value is -4.09. The van der Waals surface area contributed by atoms with Gasteiger partial charge in [-0.25, -0.2) is 0 Å². The van der Waals surface area contributed by atoms with Crippen LogP contribution in [0.15, 0.2) is 0 Å². The number of aliphatic hydroxyl groups is 25. The molecule has 0 aromatic heterocycles.